The molecular formula is C23H28N2O6S2. The SMILES string of the molecule is CC(=O)OCC1=C(C(=O)OC(C)(C)C)N2C(=O)[C@@H](NC=C(C)[S+]([O-])c3ccccc3)[C@@H]2SC1. The lowest BCUT2D eigenvalue weighted by Crippen LogP contribution is -2.69. The first-order valence-electron chi connectivity index (χ1n) is 10.4. The molecule has 3 atom stereocenters. The van der Waals surface area contributed by atoms with Crippen LogP contribution in [0.3, 0.4) is 0 Å². The maximum atomic E-state index is 13.0. The number of esters is 2. The highest BCUT2D eigenvalue weighted by atomic mass is 32.2. The van der Waals surface area contributed by atoms with E-state index in [2.05, 4.69) is 5.32 Å². The lowest BCUT2D eigenvalue weighted by atomic mass is 10.0. The molecule has 0 spiro atoms. The molecule has 8 nitrogen and oxygen atoms in total. The molecule has 1 saturated heterocycles. The van der Waals surface area contributed by atoms with E-state index in [-0.39, 0.29) is 23.6 Å². The van der Waals surface area contributed by atoms with Gasteiger partial charge in [-0.2, -0.15) is 0 Å². The topological polar surface area (TPSA) is 108 Å². The van der Waals surface area contributed by atoms with Crippen LogP contribution in [-0.4, -0.2) is 56.7 Å². The maximum Gasteiger partial charge on any atom is 0.355 e. The smallest absolute Gasteiger partial charge is 0.355 e. The molecule has 0 aromatic heterocycles. The van der Waals surface area contributed by atoms with Crippen molar-refractivity contribution in [2.75, 3.05) is 12.4 Å². The predicted molar refractivity (Wildman–Crippen MR) is 126 cm³/mol. The van der Waals surface area contributed by atoms with Gasteiger partial charge >= 0.3 is 11.9 Å². The summed E-state index contributed by atoms with van der Waals surface area (Å²) in [5.41, 5.74) is -0.0835. The number of ether oxygens (including phenoxy) is 2. The number of hydrogen-bond acceptors (Lipinski definition) is 8. The number of thioether (sulfide) groups is 1. The van der Waals surface area contributed by atoms with E-state index in [0.29, 0.717) is 21.1 Å². The number of hydrogen-bond donors (Lipinski definition) is 1. The minimum absolute atomic E-state index is 0.0828. The number of carbonyl (C=O) groups is 3. The Kier molecular flexibility index (Phi) is 7.81. The molecule has 1 N–H and O–H groups in total. The highest BCUT2D eigenvalue weighted by molar-refractivity contribution is 8.00. The lowest BCUT2D eigenvalue weighted by molar-refractivity contribution is -0.158. The third kappa shape index (κ3) is 5.93. The van der Waals surface area contributed by atoms with Gasteiger partial charge in [0.2, 0.25) is 0 Å². The molecule has 1 aromatic rings. The summed E-state index contributed by atoms with van der Waals surface area (Å²) in [6, 6.07) is 8.47. The summed E-state index contributed by atoms with van der Waals surface area (Å²) in [5, 5.41) is 2.73. The molecule has 1 fully saturated rings. The monoisotopic (exact) mass is 492 g/mol. The van der Waals surface area contributed by atoms with Crippen molar-refractivity contribution in [2.45, 2.75) is 56.5 Å². The van der Waals surface area contributed by atoms with E-state index >= 15 is 0 Å². The van der Waals surface area contributed by atoms with Crippen molar-refractivity contribution in [3.05, 3.63) is 52.7 Å². The number of benzene rings is 1. The lowest BCUT2D eigenvalue weighted by Gasteiger charge is -2.49. The molecule has 0 aliphatic carbocycles. The largest absolute Gasteiger partial charge is 0.607 e. The molecule has 3 rings (SSSR count). The first kappa shape index (κ1) is 25.2. The van der Waals surface area contributed by atoms with Crippen LogP contribution in [0.4, 0.5) is 0 Å². The van der Waals surface area contributed by atoms with E-state index in [1.165, 1.54) is 23.6 Å². The van der Waals surface area contributed by atoms with Gasteiger partial charge in [-0.05, 0) is 32.9 Å². The maximum absolute atomic E-state index is 13.0. The number of nitrogens with zero attached hydrogens (tertiary/aromatic N) is 1. The van der Waals surface area contributed by atoms with Crippen LogP contribution >= 0.6 is 11.8 Å². The first-order chi connectivity index (χ1) is 15.5. The molecule has 0 radical (unpaired) electrons. The van der Waals surface area contributed by atoms with Crippen molar-refractivity contribution in [2.24, 2.45) is 0 Å². The van der Waals surface area contributed by atoms with Gasteiger partial charge in [0.1, 0.15) is 34.2 Å². The van der Waals surface area contributed by atoms with E-state index in [4.69, 9.17) is 9.47 Å². The number of rotatable bonds is 7. The van der Waals surface area contributed by atoms with Crippen LogP contribution in [0.5, 0.6) is 0 Å². The Morgan fingerprint density at radius 2 is 1.94 bits per heavy atom. The summed E-state index contributed by atoms with van der Waals surface area (Å²) < 4.78 is 23.3. The van der Waals surface area contributed by atoms with Crippen molar-refractivity contribution < 1.29 is 28.4 Å². The van der Waals surface area contributed by atoms with E-state index in [1.807, 2.05) is 18.2 Å². The number of nitrogens with one attached hydrogen (secondary N) is 1. The molecule has 2 aliphatic rings. The third-order valence-electron chi connectivity index (χ3n) is 4.81. The number of β-lactam (4-membered cyclic amide) rings is 1. The van der Waals surface area contributed by atoms with E-state index < -0.39 is 34.8 Å². The normalized spacial score (nSPS) is 21.7. The standard InChI is InChI=1S/C23H28N2O6S2/c1-14(33(29)17-9-7-6-8-10-17)11-24-18-20(27)25-19(22(28)31-23(3,4)5)16(12-30-15(2)26)13-32-21(18)25/h6-11,18,21,24H,12-13H2,1-5H3/t18-,21+,33?/m1/s1. The van der Waals surface area contributed by atoms with Gasteiger partial charge in [-0.25, -0.2) is 4.79 Å². The molecule has 33 heavy (non-hydrogen) atoms. The van der Waals surface area contributed by atoms with Gasteiger partial charge in [0.25, 0.3) is 5.91 Å². The fourth-order valence-electron chi connectivity index (χ4n) is 3.31. The van der Waals surface area contributed by atoms with Crippen molar-refractivity contribution in [1.29, 1.82) is 0 Å². The summed E-state index contributed by atoms with van der Waals surface area (Å²) in [7, 11) is 0. The zero-order valence-electron chi connectivity index (χ0n) is 19.2. The molecule has 178 valence electrons. The number of allylic oxidation sites excluding steroid dienone is 1. The van der Waals surface area contributed by atoms with Gasteiger partial charge in [0, 0.05) is 42.5 Å². The third-order valence-corrected chi connectivity index (χ3v) is 7.55. The molecule has 0 bridgehead atoms. The van der Waals surface area contributed by atoms with Gasteiger partial charge in [-0.15, -0.1) is 11.8 Å². The quantitative estimate of drug-likeness (QED) is 0.352. The summed E-state index contributed by atoms with van der Waals surface area (Å²) in [6.07, 6.45) is 1.59. The molecule has 2 heterocycles. The van der Waals surface area contributed by atoms with Crippen molar-refractivity contribution >= 4 is 40.8 Å². The fraction of sp³-hybridized carbons (Fsp3) is 0.435. The highest BCUT2D eigenvalue weighted by Gasteiger charge is 2.54. The highest BCUT2D eigenvalue weighted by Crippen LogP contribution is 2.41. The molecule has 1 amide bonds. The second-order valence-corrected chi connectivity index (χ2v) is 11.4. The van der Waals surface area contributed by atoms with Gasteiger partial charge in [-0.1, -0.05) is 18.2 Å². The van der Waals surface area contributed by atoms with Crippen molar-refractivity contribution in [3.8, 4) is 0 Å². The number of amides is 1. The second kappa shape index (κ2) is 10.2. The molecule has 1 aromatic carbocycles. The van der Waals surface area contributed by atoms with Crippen LogP contribution in [0, 0.1) is 0 Å². The van der Waals surface area contributed by atoms with Crippen LogP contribution in [0.15, 0.2) is 57.6 Å². The Bertz CT molecular complexity index is 986. The Labute approximate surface area is 200 Å². The molecular weight excluding hydrogens is 464 g/mol. The first-order valence-corrected chi connectivity index (χ1v) is 12.6. The van der Waals surface area contributed by atoms with Gasteiger partial charge in [0.15, 0.2) is 4.90 Å². The second-order valence-electron chi connectivity index (χ2n) is 8.63. The molecule has 2 aliphatic heterocycles. The van der Waals surface area contributed by atoms with E-state index in [0.717, 1.165) is 0 Å². The summed E-state index contributed by atoms with van der Waals surface area (Å²) in [6.45, 7) is 8.17. The summed E-state index contributed by atoms with van der Waals surface area (Å²) in [4.78, 5) is 39.9. The van der Waals surface area contributed by atoms with Gasteiger partial charge in [-0.3, -0.25) is 14.5 Å². The minimum atomic E-state index is -1.35. The average Bonchev–Trinajstić information content (AvgIpc) is 2.75. The van der Waals surface area contributed by atoms with Crippen LogP contribution in [0.2, 0.25) is 0 Å². The van der Waals surface area contributed by atoms with Gasteiger partial charge in [0.05, 0.1) is 0 Å². The Balaban J connectivity index is 1.77. The zero-order chi connectivity index (χ0) is 24.3. The predicted octanol–water partition coefficient (Wildman–Crippen LogP) is 2.69. The van der Waals surface area contributed by atoms with Gasteiger partial charge < -0.3 is 19.3 Å². The molecule has 0 saturated carbocycles. The van der Waals surface area contributed by atoms with Crippen molar-refractivity contribution in [1.82, 2.24) is 10.2 Å². The van der Waals surface area contributed by atoms with Crippen LogP contribution < -0.4 is 5.32 Å². The van der Waals surface area contributed by atoms with E-state index in [9.17, 15) is 18.9 Å². The molecule has 1 unspecified atom stereocenters. The Morgan fingerprint density at radius 1 is 1.27 bits per heavy atom. The number of fused-ring (bicyclic) bond motifs is 1. The summed E-state index contributed by atoms with van der Waals surface area (Å²) >= 11 is 0.114. The molecule has 10 heteroatoms. The Hall–Kier alpha value is -2.43. The number of carbonyl (C=O) groups excluding carboxylic acids is 3. The Morgan fingerprint density at radius 3 is 2.55 bits per heavy atom. The summed E-state index contributed by atoms with van der Waals surface area (Å²) in [5.74, 6) is -0.992. The zero-order valence-corrected chi connectivity index (χ0v) is 20.9. The van der Waals surface area contributed by atoms with Crippen LogP contribution in [-0.2, 0) is 35.0 Å². The minimum Gasteiger partial charge on any atom is -0.607 e. The van der Waals surface area contributed by atoms with Crippen LogP contribution in [0.1, 0.15) is 34.6 Å². The van der Waals surface area contributed by atoms with Crippen LogP contribution in [0.25, 0.3) is 0 Å². The average molecular weight is 493 g/mol. The van der Waals surface area contributed by atoms with Crippen molar-refractivity contribution in [3.63, 3.8) is 0 Å². The fourth-order valence-corrected chi connectivity index (χ4v) is 5.60. The van der Waals surface area contributed by atoms with E-state index in [1.54, 1.807) is 46.0 Å².